The molecule has 1 aliphatic carbocycles. The number of carbonyl (C=O) groups is 1. The van der Waals surface area contributed by atoms with Crippen LogP contribution < -0.4 is 0 Å². The summed E-state index contributed by atoms with van der Waals surface area (Å²) in [5.41, 5.74) is 0.701. The SMILES string of the molecule is Cc1ncc(C(=O)C=CN(C)C)n1CC1CC1. The molecule has 1 aliphatic rings. The van der Waals surface area contributed by atoms with E-state index in [1.165, 1.54) is 12.8 Å². The number of allylic oxidation sites excluding steroid dienone is 1. The monoisotopic (exact) mass is 233 g/mol. The Kier molecular flexibility index (Phi) is 3.31. The molecule has 2 rings (SSSR count). The minimum atomic E-state index is 0.0277. The second-order valence-corrected chi connectivity index (χ2v) is 4.89. The van der Waals surface area contributed by atoms with Gasteiger partial charge in [-0.15, -0.1) is 0 Å². The molecule has 0 unspecified atom stereocenters. The second-order valence-electron chi connectivity index (χ2n) is 4.89. The van der Waals surface area contributed by atoms with E-state index in [9.17, 15) is 4.79 Å². The Balaban J connectivity index is 2.16. The zero-order valence-corrected chi connectivity index (χ0v) is 10.7. The van der Waals surface area contributed by atoms with E-state index in [2.05, 4.69) is 4.98 Å². The third kappa shape index (κ3) is 2.96. The summed E-state index contributed by atoms with van der Waals surface area (Å²) in [6, 6.07) is 0. The molecule has 4 nitrogen and oxygen atoms in total. The Bertz CT molecular complexity index is 442. The van der Waals surface area contributed by atoms with Crippen LogP contribution in [0.4, 0.5) is 0 Å². The summed E-state index contributed by atoms with van der Waals surface area (Å²) in [5, 5.41) is 0. The van der Waals surface area contributed by atoms with E-state index >= 15 is 0 Å². The van der Waals surface area contributed by atoms with E-state index < -0.39 is 0 Å². The number of hydrogen-bond donors (Lipinski definition) is 0. The smallest absolute Gasteiger partial charge is 0.205 e. The van der Waals surface area contributed by atoms with Crippen LogP contribution in [-0.2, 0) is 6.54 Å². The normalized spacial score (nSPS) is 15.5. The molecule has 0 atom stereocenters. The predicted octanol–water partition coefficient (Wildman–Crippen LogP) is 1.86. The molecular formula is C13H19N3O. The van der Waals surface area contributed by atoms with Crippen molar-refractivity contribution >= 4 is 5.78 Å². The highest BCUT2D eigenvalue weighted by Gasteiger charge is 2.24. The third-order valence-electron chi connectivity index (χ3n) is 2.97. The van der Waals surface area contributed by atoms with E-state index in [1.807, 2.05) is 30.5 Å². The minimum Gasteiger partial charge on any atom is -0.383 e. The summed E-state index contributed by atoms with van der Waals surface area (Å²) in [5.74, 6) is 1.70. The molecule has 0 aliphatic heterocycles. The molecule has 92 valence electrons. The van der Waals surface area contributed by atoms with Crippen molar-refractivity contribution in [1.29, 1.82) is 0 Å². The van der Waals surface area contributed by atoms with Crippen molar-refractivity contribution in [3.63, 3.8) is 0 Å². The maximum atomic E-state index is 12.0. The Morgan fingerprint density at radius 1 is 1.59 bits per heavy atom. The van der Waals surface area contributed by atoms with Gasteiger partial charge in [0, 0.05) is 32.9 Å². The largest absolute Gasteiger partial charge is 0.383 e. The second kappa shape index (κ2) is 4.73. The van der Waals surface area contributed by atoms with Crippen LogP contribution in [0.2, 0.25) is 0 Å². The van der Waals surface area contributed by atoms with E-state index in [-0.39, 0.29) is 5.78 Å². The number of rotatable bonds is 5. The van der Waals surface area contributed by atoms with Gasteiger partial charge >= 0.3 is 0 Å². The standard InChI is InChI=1S/C13H19N3O/c1-10-14-8-12(13(17)6-7-15(2)3)16(10)9-11-4-5-11/h6-8,11H,4-5,9H2,1-3H3. The molecule has 1 aromatic rings. The third-order valence-corrected chi connectivity index (χ3v) is 2.97. The summed E-state index contributed by atoms with van der Waals surface area (Å²) in [6.45, 7) is 2.89. The number of aryl methyl sites for hydroxylation is 1. The number of aromatic nitrogens is 2. The van der Waals surface area contributed by atoms with Gasteiger partial charge in [-0.3, -0.25) is 4.79 Å². The van der Waals surface area contributed by atoms with Gasteiger partial charge in [0.15, 0.2) is 0 Å². The summed E-state index contributed by atoms with van der Waals surface area (Å²) < 4.78 is 2.04. The Labute approximate surface area is 102 Å². The molecule has 0 bridgehead atoms. The maximum Gasteiger partial charge on any atom is 0.205 e. The van der Waals surface area contributed by atoms with E-state index in [0.29, 0.717) is 5.69 Å². The van der Waals surface area contributed by atoms with Crippen LogP contribution in [0.5, 0.6) is 0 Å². The molecular weight excluding hydrogens is 214 g/mol. The minimum absolute atomic E-state index is 0.0277. The maximum absolute atomic E-state index is 12.0. The molecule has 0 amide bonds. The predicted molar refractivity (Wildman–Crippen MR) is 66.8 cm³/mol. The average Bonchev–Trinajstić information content (AvgIpc) is 3.01. The van der Waals surface area contributed by atoms with Crippen molar-refractivity contribution in [2.24, 2.45) is 5.92 Å². The molecule has 0 spiro atoms. The van der Waals surface area contributed by atoms with Crippen molar-refractivity contribution in [1.82, 2.24) is 14.5 Å². The summed E-state index contributed by atoms with van der Waals surface area (Å²) in [7, 11) is 3.80. The first-order valence-corrected chi connectivity index (χ1v) is 5.99. The van der Waals surface area contributed by atoms with Gasteiger partial charge in [-0.1, -0.05) is 0 Å². The van der Waals surface area contributed by atoms with Gasteiger partial charge in [-0.25, -0.2) is 4.98 Å². The van der Waals surface area contributed by atoms with Crippen LogP contribution in [0.3, 0.4) is 0 Å². The van der Waals surface area contributed by atoms with Gasteiger partial charge < -0.3 is 9.47 Å². The number of nitrogens with zero attached hydrogens (tertiary/aromatic N) is 3. The van der Waals surface area contributed by atoms with Crippen LogP contribution in [0, 0.1) is 12.8 Å². The first-order chi connectivity index (χ1) is 8.08. The molecule has 1 saturated carbocycles. The average molecular weight is 233 g/mol. The fourth-order valence-corrected chi connectivity index (χ4v) is 1.76. The van der Waals surface area contributed by atoms with Crippen LogP contribution in [0.15, 0.2) is 18.5 Å². The van der Waals surface area contributed by atoms with E-state index in [4.69, 9.17) is 0 Å². The highest BCUT2D eigenvalue weighted by atomic mass is 16.1. The fourth-order valence-electron chi connectivity index (χ4n) is 1.76. The van der Waals surface area contributed by atoms with Crippen molar-refractivity contribution in [3.05, 3.63) is 30.0 Å². The van der Waals surface area contributed by atoms with Gasteiger partial charge in [-0.05, 0) is 25.7 Å². The van der Waals surface area contributed by atoms with Crippen LogP contribution >= 0.6 is 0 Å². The van der Waals surface area contributed by atoms with E-state index in [1.54, 1.807) is 18.5 Å². The summed E-state index contributed by atoms with van der Waals surface area (Å²) in [4.78, 5) is 18.1. The molecule has 1 aromatic heterocycles. The summed E-state index contributed by atoms with van der Waals surface area (Å²) in [6.07, 6.45) is 7.60. The van der Waals surface area contributed by atoms with Gasteiger partial charge in [-0.2, -0.15) is 0 Å². The molecule has 17 heavy (non-hydrogen) atoms. The highest BCUT2D eigenvalue weighted by Crippen LogP contribution is 2.31. The Morgan fingerprint density at radius 2 is 2.29 bits per heavy atom. The number of carbonyl (C=O) groups excluding carboxylic acids is 1. The lowest BCUT2D eigenvalue weighted by atomic mass is 10.2. The lowest BCUT2D eigenvalue weighted by molar-refractivity contribution is 0.103. The zero-order valence-electron chi connectivity index (χ0n) is 10.7. The fraction of sp³-hybridized carbons (Fsp3) is 0.538. The quantitative estimate of drug-likeness (QED) is 0.575. The number of ketones is 1. The molecule has 4 heteroatoms. The van der Waals surface area contributed by atoms with Crippen molar-refractivity contribution in [3.8, 4) is 0 Å². The first kappa shape index (κ1) is 11.9. The Morgan fingerprint density at radius 3 is 2.88 bits per heavy atom. The van der Waals surface area contributed by atoms with Crippen LogP contribution in [0.25, 0.3) is 0 Å². The molecule has 0 radical (unpaired) electrons. The number of imidazole rings is 1. The van der Waals surface area contributed by atoms with Gasteiger partial charge in [0.25, 0.3) is 0 Å². The van der Waals surface area contributed by atoms with Crippen LogP contribution in [-0.4, -0.2) is 34.3 Å². The molecule has 1 heterocycles. The van der Waals surface area contributed by atoms with Crippen LogP contribution in [0.1, 0.15) is 29.2 Å². The van der Waals surface area contributed by atoms with E-state index in [0.717, 1.165) is 18.3 Å². The molecule has 0 saturated heterocycles. The summed E-state index contributed by atoms with van der Waals surface area (Å²) >= 11 is 0. The first-order valence-electron chi connectivity index (χ1n) is 5.99. The van der Waals surface area contributed by atoms with Crippen molar-refractivity contribution in [2.75, 3.05) is 14.1 Å². The molecule has 0 aromatic carbocycles. The highest BCUT2D eigenvalue weighted by molar-refractivity contribution is 6.03. The van der Waals surface area contributed by atoms with Crippen molar-refractivity contribution in [2.45, 2.75) is 26.3 Å². The lowest BCUT2D eigenvalue weighted by Gasteiger charge is -2.07. The van der Waals surface area contributed by atoms with Gasteiger partial charge in [0.2, 0.25) is 5.78 Å². The van der Waals surface area contributed by atoms with Crippen molar-refractivity contribution < 1.29 is 4.79 Å². The molecule has 1 fully saturated rings. The topological polar surface area (TPSA) is 38.1 Å². The van der Waals surface area contributed by atoms with Gasteiger partial charge in [0.05, 0.1) is 6.20 Å². The Hall–Kier alpha value is -1.58. The lowest BCUT2D eigenvalue weighted by Crippen LogP contribution is -2.11. The number of hydrogen-bond acceptors (Lipinski definition) is 3. The molecule has 0 N–H and O–H groups in total. The zero-order chi connectivity index (χ0) is 12.4. The van der Waals surface area contributed by atoms with Gasteiger partial charge in [0.1, 0.15) is 11.5 Å².